The van der Waals surface area contributed by atoms with Gasteiger partial charge < -0.3 is 4.57 Å². The summed E-state index contributed by atoms with van der Waals surface area (Å²) in [7, 11) is 0. The fourth-order valence-electron chi connectivity index (χ4n) is 12.5. The van der Waals surface area contributed by atoms with Crippen molar-refractivity contribution >= 4 is 54.4 Å². The van der Waals surface area contributed by atoms with Crippen LogP contribution in [0.15, 0.2) is 224 Å². The average molecular weight is 966 g/mol. The smallest absolute Gasteiger partial charge is 0.238 e. The Morgan fingerprint density at radius 1 is 0.387 bits per heavy atom. The number of nitrogens with zero attached hydrogens (tertiary/aromatic N) is 5. The summed E-state index contributed by atoms with van der Waals surface area (Å²) >= 11 is 0. The van der Waals surface area contributed by atoms with E-state index in [4.69, 9.17) is 15.0 Å². The van der Waals surface area contributed by atoms with Crippen LogP contribution in [0.5, 0.6) is 0 Å². The molecule has 10 aromatic carbocycles. The molecule has 5 heteroatoms. The Hall–Kier alpha value is -8.93. The number of para-hydroxylation sites is 2. The molecule has 75 heavy (non-hydrogen) atoms. The van der Waals surface area contributed by atoms with Gasteiger partial charge in [-0.3, -0.25) is 4.57 Å². The van der Waals surface area contributed by atoms with Gasteiger partial charge in [-0.05, 0) is 109 Å². The normalized spacial score (nSPS) is 15.0. The first-order chi connectivity index (χ1) is 36.6. The van der Waals surface area contributed by atoms with E-state index in [0.717, 1.165) is 82.5 Å². The Bertz CT molecular complexity index is 4400. The van der Waals surface area contributed by atoms with Crippen LogP contribution in [0.1, 0.15) is 52.2 Å². The van der Waals surface area contributed by atoms with Crippen LogP contribution in [-0.2, 0) is 10.8 Å². The summed E-state index contributed by atoms with van der Waals surface area (Å²) in [5, 5.41) is 6.80. The third-order valence-corrected chi connectivity index (χ3v) is 16.7. The zero-order valence-electron chi connectivity index (χ0n) is 42.9. The van der Waals surface area contributed by atoms with E-state index in [9.17, 15) is 0 Å². The summed E-state index contributed by atoms with van der Waals surface area (Å²) in [6.45, 7) is 12.1. The number of hydrogen-bond donors (Lipinski definition) is 0. The minimum absolute atomic E-state index is 0.0895. The molecule has 0 radical (unpaired) electrons. The molecule has 0 aliphatic heterocycles. The average Bonchev–Trinajstić information content (AvgIpc) is 4.00. The van der Waals surface area contributed by atoms with Crippen molar-refractivity contribution in [1.29, 1.82) is 0 Å². The first kappa shape index (κ1) is 44.7. The lowest BCUT2D eigenvalue weighted by Crippen LogP contribution is -2.40. The lowest BCUT2D eigenvalue weighted by molar-refractivity contribution is 0.233. The van der Waals surface area contributed by atoms with Crippen molar-refractivity contribution in [2.24, 2.45) is 5.92 Å². The first-order valence-electron chi connectivity index (χ1n) is 26.3. The van der Waals surface area contributed by atoms with Gasteiger partial charge in [-0.25, -0.2) is 4.98 Å². The summed E-state index contributed by atoms with van der Waals surface area (Å²) in [5.41, 5.74) is 17.5. The van der Waals surface area contributed by atoms with E-state index in [1.807, 2.05) is 0 Å². The molecule has 0 N–H and O–H groups in total. The second-order valence-electron chi connectivity index (χ2n) is 21.9. The Labute approximate surface area is 437 Å². The Kier molecular flexibility index (Phi) is 10.2. The van der Waals surface area contributed by atoms with Gasteiger partial charge in [0.25, 0.3) is 0 Å². The summed E-state index contributed by atoms with van der Waals surface area (Å²) in [6, 6.07) is 81.3. The van der Waals surface area contributed by atoms with E-state index in [1.54, 1.807) is 0 Å². The molecule has 360 valence electrons. The van der Waals surface area contributed by atoms with Crippen molar-refractivity contribution in [3.63, 3.8) is 0 Å². The fraction of sp³-hybridized carbons (Fsp3) is 0.129. The van der Waals surface area contributed by atoms with Gasteiger partial charge in [0.15, 0.2) is 11.6 Å². The molecule has 0 bridgehead atoms. The van der Waals surface area contributed by atoms with Gasteiger partial charge in [0, 0.05) is 38.4 Å². The first-order valence-corrected chi connectivity index (χ1v) is 26.3. The zero-order chi connectivity index (χ0) is 50.6. The van der Waals surface area contributed by atoms with Crippen molar-refractivity contribution in [3.05, 3.63) is 236 Å². The monoisotopic (exact) mass is 965 g/mol. The minimum atomic E-state index is 0.0895. The van der Waals surface area contributed by atoms with E-state index in [2.05, 4.69) is 268 Å². The molecular formula is C70H55N5. The van der Waals surface area contributed by atoms with Crippen molar-refractivity contribution < 1.29 is 0 Å². The predicted octanol–water partition coefficient (Wildman–Crippen LogP) is 18.1. The van der Waals surface area contributed by atoms with Gasteiger partial charge in [0.1, 0.15) is 0 Å². The van der Waals surface area contributed by atoms with Crippen LogP contribution in [0.4, 0.5) is 0 Å². The summed E-state index contributed by atoms with van der Waals surface area (Å²) in [5.74, 6) is 2.36. The Balaban J connectivity index is 0.982. The SMILES string of the molecule is CC1CC(C)(C)c2ccc(-c3cccc(-c4cccc(-n5c6ccccc6c6ccc7c8ccccc8n(-c8nc(-c9ccc(-c%10ccccc%10)cc9)nc(-c9cccc%10ccccc9%10)n8)c7c65)c4)c3)cc2C1(C)C. The number of fused-ring (bicyclic) bond motifs is 9. The Morgan fingerprint density at radius 2 is 0.907 bits per heavy atom. The molecule has 0 spiro atoms. The quantitative estimate of drug-likeness (QED) is 0.160. The summed E-state index contributed by atoms with van der Waals surface area (Å²) in [4.78, 5) is 16.3. The molecule has 5 nitrogen and oxygen atoms in total. The molecule has 0 amide bonds. The minimum Gasteiger partial charge on any atom is -0.307 e. The topological polar surface area (TPSA) is 48.5 Å². The molecule has 14 rings (SSSR count). The number of benzene rings is 10. The molecule has 0 saturated carbocycles. The third-order valence-electron chi connectivity index (χ3n) is 16.7. The van der Waals surface area contributed by atoms with Crippen molar-refractivity contribution in [2.75, 3.05) is 0 Å². The van der Waals surface area contributed by atoms with E-state index in [0.29, 0.717) is 23.5 Å². The van der Waals surface area contributed by atoms with Gasteiger partial charge in [-0.2, -0.15) is 9.97 Å². The highest BCUT2D eigenvalue weighted by Gasteiger charge is 2.42. The van der Waals surface area contributed by atoms with Gasteiger partial charge in [0.05, 0.1) is 22.1 Å². The van der Waals surface area contributed by atoms with E-state index in [1.165, 1.54) is 39.6 Å². The third kappa shape index (κ3) is 7.24. The van der Waals surface area contributed by atoms with Crippen molar-refractivity contribution in [3.8, 4) is 67.8 Å². The van der Waals surface area contributed by atoms with Crippen LogP contribution >= 0.6 is 0 Å². The number of hydrogen-bond acceptors (Lipinski definition) is 3. The molecule has 0 fully saturated rings. The second kappa shape index (κ2) is 17.1. The number of aromatic nitrogens is 5. The molecule has 3 aromatic heterocycles. The van der Waals surface area contributed by atoms with Crippen LogP contribution < -0.4 is 0 Å². The van der Waals surface area contributed by atoms with E-state index < -0.39 is 0 Å². The molecule has 13 aromatic rings. The molecule has 0 saturated heterocycles. The van der Waals surface area contributed by atoms with Crippen LogP contribution in [0, 0.1) is 5.92 Å². The molecule has 1 aliphatic rings. The predicted molar refractivity (Wildman–Crippen MR) is 313 cm³/mol. The van der Waals surface area contributed by atoms with Crippen LogP contribution in [0.25, 0.3) is 122 Å². The Morgan fingerprint density at radius 3 is 1.64 bits per heavy atom. The van der Waals surface area contributed by atoms with Crippen LogP contribution in [0.3, 0.4) is 0 Å². The van der Waals surface area contributed by atoms with Gasteiger partial charge in [0.2, 0.25) is 5.95 Å². The molecule has 1 unspecified atom stereocenters. The standard InChI is InChI=1S/C70H55N5/c1-44-43-69(2,3)60-39-36-52(42-61(60)70(44,4)5)50-23-15-22-49(40-50)51-24-16-25-53(41-51)74-62-30-13-11-27-55(62)57-37-38-58-56-28-12-14-31-63(56)75(65(58)64(57)74)68-72-66(48-34-32-46(33-35-48)45-18-7-6-8-19-45)71-67(73-68)59-29-17-21-47-20-9-10-26-54(47)59/h6-42,44H,43H2,1-5H3. The highest BCUT2D eigenvalue weighted by molar-refractivity contribution is 6.23. The largest absolute Gasteiger partial charge is 0.307 e. The van der Waals surface area contributed by atoms with Gasteiger partial charge in [-0.1, -0.05) is 229 Å². The molecule has 3 heterocycles. The van der Waals surface area contributed by atoms with E-state index in [-0.39, 0.29) is 10.8 Å². The number of rotatable bonds is 7. The van der Waals surface area contributed by atoms with Crippen molar-refractivity contribution in [1.82, 2.24) is 24.1 Å². The fourth-order valence-corrected chi connectivity index (χ4v) is 12.5. The maximum absolute atomic E-state index is 5.51. The highest BCUT2D eigenvalue weighted by atomic mass is 15.2. The highest BCUT2D eigenvalue weighted by Crippen LogP contribution is 2.50. The molecular weight excluding hydrogens is 911 g/mol. The van der Waals surface area contributed by atoms with Gasteiger partial charge >= 0.3 is 0 Å². The van der Waals surface area contributed by atoms with E-state index >= 15 is 0 Å². The van der Waals surface area contributed by atoms with Crippen LogP contribution in [0.2, 0.25) is 0 Å². The lowest BCUT2D eigenvalue weighted by atomic mass is 9.58. The van der Waals surface area contributed by atoms with Crippen LogP contribution in [-0.4, -0.2) is 24.1 Å². The maximum atomic E-state index is 5.51. The molecule has 1 aliphatic carbocycles. The molecule has 1 atom stereocenters. The van der Waals surface area contributed by atoms with Gasteiger partial charge in [-0.15, -0.1) is 0 Å². The summed E-state index contributed by atoms with van der Waals surface area (Å²) < 4.78 is 4.75. The van der Waals surface area contributed by atoms with Crippen molar-refractivity contribution in [2.45, 2.75) is 51.9 Å². The maximum Gasteiger partial charge on any atom is 0.238 e. The second-order valence-corrected chi connectivity index (χ2v) is 21.9. The summed E-state index contributed by atoms with van der Waals surface area (Å²) in [6.07, 6.45) is 1.19. The zero-order valence-corrected chi connectivity index (χ0v) is 42.9. The lowest BCUT2D eigenvalue weighted by Gasteiger charge is -2.46.